The minimum absolute atomic E-state index is 0. The Labute approximate surface area is 326 Å². The molecule has 2 aliphatic carbocycles. The summed E-state index contributed by atoms with van der Waals surface area (Å²) in [6, 6.07) is 32.9. The van der Waals surface area contributed by atoms with Crippen molar-refractivity contribution in [2.75, 3.05) is 17.4 Å². The summed E-state index contributed by atoms with van der Waals surface area (Å²) >= 11 is 4.83. The SMILES string of the molecule is CCOC(=O)C1CCC(=CI)CC1.CCOC(=O)C1CCC(=O)CC1.IC[P+](c1ccccc1)(c1ccccc1)c1ccccc1.[I-]. The molecular weight excluding hydrogens is 948 g/mol. The highest BCUT2D eigenvalue weighted by molar-refractivity contribution is 14.1. The Morgan fingerprint density at radius 2 is 1.02 bits per heavy atom. The second kappa shape index (κ2) is 23.1. The van der Waals surface area contributed by atoms with Crippen LogP contribution < -0.4 is 39.9 Å². The number of ketones is 1. The Morgan fingerprint density at radius 3 is 1.32 bits per heavy atom. The summed E-state index contributed by atoms with van der Waals surface area (Å²) in [5, 5.41) is 4.37. The van der Waals surface area contributed by atoms with Gasteiger partial charge < -0.3 is 33.5 Å². The number of rotatable bonds is 8. The molecule has 0 bridgehead atoms. The summed E-state index contributed by atoms with van der Waals surface area (Å²) in [4.78, 5) is 33.4. The predicted molar refractivity (Wildman–Crippen MR) is 208 cm³/mol. The summed E-state index contributed by atoms with van der Waals surface area (Å²) in [5.74, 6) is 0.262. The van der Waals surface area contributed by atoms with E-state index in [0.717, 1.165) is 29.9 Å². The number of esters is 2. The van der Waals surface area contributed by atoms with E-state index in [1.54, 1.807) is 6.92 Å². The predicted octanol–water partition coefficient (Wildman–Crippen LogP) is 5.74. The standard InChI is InChI=1S/C19H17IP.C10H15IO2.C9H14O3.HI/c20-16-21(17-10-4-1-5-11-17,18-12-6-2-7-13-18)19-14-8-3-9-15-19;1-2-13-10(12)9-5-3-8(7-11)4-6-9;1-2-12-9(11)7-3-5-8(10)6-4-7;/h1-15H,16H2;7,9H,2-6H2,1H3;7H,2-6H2,1H3;1H/q+1;;;/p-1. The maximum atomic E-state index is 11.3. The summed E-state index contributed by atoms with van der Waals surface area (Å²) in [7, 11) is -1.55. The molecule has 0 unspecified atom stereocenters. The van der Waals surface area contributed by atoms with Gasteiger partial charge >= 0.3 is 11.9 Å². The van der Waals surface area contributed by atoms with Gasteiger partial charge in [-0.25, -0.2) is 0 Å². The van der Waals surface area contributed by atoms with Gasteiger partial charge in [0, 0.05) is 12.8 Å². The average Bonchev–Trinajstić information content (AvgIpc) is 3.11. The van der Waals surface area contributed by atoms with Crippen molar-refractivity contribution in [3.63, 3.8) is 0 Å². The first kappa shape index (κ1) is 41.8. The topological polar surface area (TPSA) is 69.7 Å². The molecule has 0 aliphatic heterocycles. The van der Waals surface area contributed by atoms with E-state index in [1.165, 1.54) is 21.5 Å². The number of ether oxygens (including phenoxy) is 2. The van der Waals surface area contributed by atoms with Crippen LogP contribution in [0.25, 0.3) is 0 Å². The normalized spacial score (nSPS) is 16.2. The number of hydrogen-bond acceptors (Lipinski definition) is 5. The van der Waals surface area contributed by atoms with Crippen LogP contribution >= 0.6 is 52.4 Å². The van der Waals surface area contributed by atoms with E-state index >= 15 is 0 Å². The van der Waals surface area contributed by atoms with E-state index in [-0.39, 0.29) is 53.5 Å². The number of hydrogen-bond donors (Lipinski definition) is 0. The van der Waals surface area contributed by atoms with Gasteiger partial charge in [-0.15, -0.1) is 0 Å². The molecule has 3 aromatic carbocycles. The van der Waals surface area contributed by atoms with Crippen LogP contribution in [0.4, 0.5) is 0 Å². The van der Waals surface area contributed by atoms with Crippen molar-refractivity contribution < 1.29 is 47.8 Å². The molecule has 5 nitrogen and oxygen atoms in total. The molecule has 0 aromatic heterocycles. The monoisotopic (exact) mass is 994 g/mol. The first-order valence-corrected chi connectivity index (χ1v) is 20.9. The number of carbonyl (C=O) groups is 3. The van der Waals surface area contributed by atoms with Crippen molar-refractivity contribution in [1.82, 2.24) is 0 Å². The maximum absolute atomic E-state index is 11.3. The van der Waals surface area contributed by atoms with Gasteiger partial charge in [0.05, 0.1) is 25.0 Å². The minimum atomic E-state index is -1.55. The van der Waals surface area contributed by atoms with Crippen LogP contribution in [0.5, 0.6) is 0 Å². The maximum Gasteiger partial charge on any atom is 0.308 e. The van der Waals surface area contributed by atoms with Crippen molar-refractivity contribution in [2.24, 2.45) is 11.8 Å². The smallest absolute Gasteiger partial charge is 0.308 e. The van der Waals surface area contributed by atoms with Gasteiger partial charge in [0.25, 0.3) is 0 Å². The van der Waals surface area contributed by atoms with Gasteiger partial charge in [0.1, 0.15) is 33.1 Å². The highest BCUT2D eigenvalue weighted by Gasteiger charge is 2.44. The Balaban J connectivity index is 0.000000258. The molecule has 2 saturated carbocycles. The fourth-order valence-electron chi connectivity index (χ4n) is 5.73. The summed E-state index contributed by atoms with van der Waals surface area (Å²) in [5.41, 5.74) is 1.47. The molecule has 47 heavy (non-hydrogen) atoms. The van der Waals surface area contributed by atoms with Crippen molar-refractivity contribution in [3.05, 3.63) is 101 Å². The van der Waals surface area contributed by atoms with E-state index in [9.17, 15) is 14.4 Å². The third kappa shape index (κ3) is 12.8. The van der Waals surface area contributed by atoms with Gasteiger partial charge in [-0.1, -0.05) is 82.8 Å². The van der Waals surface area contributed by atoms with Crippen molar-refractivity contribution >= 4 is 86.1 Å². The lowest BCUT2D eigenvalue weighted by atomic mass is 9.87. The van der Waals surface area contributed by atoms with Crippen LogP contribution in [0.3, 0.4) is 0 Å². The van der Waals surface area contributed by atoms with Crippen LogP contribution in [0.2, 0.25) is 0 Å². The molecular formula is C38H46I3O5P. The van der Waals surface area contributed by atoms with Crippen LogP contribution in [-0.2, 0) is 23.9 Å². The third-order valence-corrected chi connectivity index (χ3v) is 16.2. The number of benzene rings is 3. The number of alkyl halides is 1. The number of allylic oxidation sites excluding steroid dienone is 1. The molecule has 0 atom stereocenters. The lowest BCUT2D eigenvalue weighted by molar-refractivity contribution is -0.150. The highest BCUT2D eigenvalue weighted by Crippen LogP contribution is 2.56. The van der Waals surface area contributed by atoms with E-state index in [0.29, 0.717) is 38.9 Å². The zero-order valence-electron chi connectivity index (χ0n) is 27.3. The molecule has 0 heterocycles. The molecule has 0 saturated heterocycles. The van der Waals surface area contributed by atoms with Crippen LogP contribution in [0.1, 0.15) is 65.2 Å². The Bertz CT molecular complexity index is 1270. The van der Waals surface area contributed by atoms with Gasteiger partial charge in [-0.05, 0) is 115 Å². The van der Waals surface area contributed by atoms with Crippen molar-refractivity contribution in [2.45, 2.75) is 65.2 Å². The van der Waals surface area contributed by atoms with Gasteiger partial charge in [-0.2, -0.15) is 0 Å². The van der Waals surface area contributed by atoms with Gasteiger partial charge in [0.2, 0.25) is 0 Å². The van der Waals surface area contributed by atoms with Gasteiger partial charge in [-0.3, -0.25) is 14.4 Å². The average molecular weight is 994 g/mol. The molecule has 0 radical (unpaired) electrons. The zero-order chi connectivity index (χ0) is 33.2. The molecule has 0 spiro atoms. The minimum Gasteiger partial charge on any atom is -1.00 e. The molecule has 254 valence electrons. The molecule has 2 fully saturated rings. The molecule has 2 aliphatic rings. The van der Waals surface area contributed by atoms with Crippen molar-refractivity contribution in [1.29, 1.82) is 0 Å². The third-order valence-electron chi connectivity index (χ3n) is 8.34. The number of carbonyl (C=O) groups excluding carboxylic acids is 3. The van der Waals surface area contributed by atoms with E-state index in [2.05, 4.69) is 140 Å². The Morgan fingerprint density at radius 1 is 0.681 bits per heavy atom. The second-order valence-electron chi connectivity index (χ2n) is 11.3. The Kier molecular flexibility index (Phi) is 20.6. The largest absolute Gasteiger partial charge is 1.00 e. The summed E-state index contributed by atoms with van der Waals surface area (Å²) in [6.07, 6.45) is 6.50. The lowest BCUT2D eigenvalue weighted by Crippen LogP contribution is -3.00. The summed E-state index contributed by atoms with van der Waals surface area (Å²) in [6.45, 7) is 4.59. The van der Waals surface area contributed by atoms with Gasteiger partial charge in [0.15, 0.2) is 0 Å². The Hall–Kier alpha value is -1.37. The summed E-state index contributed by atoms with van der Waals surface area (Å²) < 4.78 is 13.1. The quantitative estimate of drug-likeness (QED) is 0.125. The van der Waals surface area contributed by atoms with E-state index in [1.807, 2.05) is 6.92 Å². The molecule has 0 N–H and O–H groups in total. The first-order valence-electron chi connectivity index (χ1n) is 16.1. The molecule has 0 amide bonds. The lowest BCUT2D eigenvalue weighted by Gasteiger charge is -2.25. The second-order valence-corrected chi connectivity index (χ2v) is 17.4. The molecule has 5 rings (SSSR count). The van der Waals surface area contributed by atoms with Crippen LogP contribution in [0, 0.1) is 11.8 Å². The first-order chi connectivity index (χ1) is 22.4. The van der Waals surface area contributed by atoms with Crippen molar-refractivity contribution in [3.8, 4) is 0 Å². The fourth-order valence-corrected chi connectivity index (χ4v) is 13.3. The highest BCUT2D eigenvalue weighted by atomic mass is 127. The fraction of sp³-hybridized carbons (Fsp3) is 0.395. The van der Waals surface area contributed by atoms with E-state index in [4.69, 9.17) is 9.47 Å². The van der Waals surface area contributed by atoms with Crippen LogP contribution in [0.15, 0.2) is 101 Å². The number of halogens is 3. The molecule has 9 heteroatoms. The zero-order valence-corrected chi connectivity index (χ0v) is 34.7. The molecule has 3 aromatic rings. The van der Waals surface area contributed by atoms with Crippen LogP contribution in [-0.4, -0.2) is 35.1 Å². The van der Waals surface area contributed by atoms with E-state index < -0.39 is 7.26 Å². The number of Topliss-reactive ketones (excluding diaryl/α,β-unsaturated/α-hetero) is 1.